The summed E-state index contributed by atoms with van der Waals surface area (Å²) in [5.74, 6) is 0.920. The van der Waals surface area contributed by atoms with Crippen molar-refractivity contribution in [1.29, 1.82) is 0 Å². The van der Waals surface area contributed by atoms with Crippen molar-refractivity contribution >= 4 is 11.4 Å². The van der Waals surface area contributed by atoms with Crippen molar-refractivity contribution in [3.63, 3.8) is 0 Å². The van der Waals surface area contributed by atoms with Crippen LogP contribution in [0.25, 0.3) is 0 Å². The highest BCUT2D eigenvalue weighted by Gasteiger charge is 2.17. The number of unbranched alkanes of at least 4 members (excludes halogenated alkanes) is 2. The number of rotatable bonds is 9. The number of nitrogen functional groups attached to an aromatic ring is 1. The van der Waals surface area contributed by atoms with Gasteiger partial charge in [-0.3, -0.25) is 4.90 Å². The molecule has 0 unspecified atom stereocenters. The van der Waals surface area contributed by atoms with Crippen LogP contribution in [0.15, 0.2) is 18.2 Å². The van der Waals surface area contributed by atoms with Gasteiger partial charge in [0.1, 0.15) is 12.4 Å². The number of nitrogens with zero attached hydrogens (tertiary/aromatic N) is 3. The van der Waals surface area contributed by atoms with Crippen molar-refractivity contribution in [1.82, 2.24) is 9.80 Å². The first-order valence-corrected chi connectivity index (χ1v) is 9.98. The number of fused-ring (bicyclic) bond motifs is 1. The van der Waals surface area contributed by atoms with Crippen molar-refractivity contribution in [2.75, 3.05) is 83.3 Å². The second-order valence-electron chi connectivity index (χ2n) is 7.38. The molecule has 0 aliphatic carbocycles. The van der Waals surface area contributed by atoms with Crippen LogP contribution in [0.2, 0.25) is 0 Å². The van der Waals surface area contributed by atoms with Gasteiger partial charge >= 0.3 is 0 Å². The number of anilines is 2. The van der Waals surface area contributed by atoms with Gasteiger partial charge in [0, 0.05) is 57.6 Å². The van der Waals surface area contributed by atoms with Gasteiger partial charge in [-0.15, -0.1) is 0 Å². The molecular formula is C20H34N4O2. The van der Waals surface area contributed by atoms with E-state index in [2.05, 4.69) is 27.8 Å². The number of benzene rings is 1. The summed E-state index contributed by atoms with van der Waals surface area (Å²) in [4.78, 5) is 7.30. The summed E-state index contributed by atoms with van der Waals surface area (Å²) in [5, 5.41) is 0. The smallest absolute Gasteiger partial charge is 0.144 e. The van der Waals surface area contributed by atoms with Gasteiger partial charge in [-0.1, -0.05) is 0 Å². The third-order valence-corrected chi connectivity index (χ3v) is 5.31. The maximum Gasteiger partial charge on any atom is 0.144 e. The number of likely N-dealkylation sites (N-methyl/N-ethyl adjacent to an activating group) is 1. The fourth-order valence-corrected chi connectivity index (χ4v) is 3.58. The second kappa shape index (κ2) is 10.00. The Balaban J connectivity index is 1.23. The zero-order valence-corrected chi connectivity index (χ0v) is 16.2. The van der Waals surface area contributed by atoms with Crippen LogP contribution in [-0.2, 0) is 4.74 Å². The average Bonchev–Trinajstić information content (AvgIpc) is 2.65. The number of hydrogen-bond acceptors (Lipinski definition) is 6. The summed E-state index contributed by atoms with van der Waals surface area (Å²) in [5.41, 5.74) is 7.78. The summed E-state index contributed by atoms with van der Waals surface area (Å²) in [7, 11) is 2.19. The molecule has 3 rings (SSSR count). The Hall–Kier alpha value is -1.50. The SMILES string of the molecule is CN1CCN(CCOCCCCCN2CCOc3cc(N)ccc32)CC1. The molecule has 2 N–H and O–H groups in total. The summed E-state index contributed by atoms with van der Waals surface area (Å²) >= 11 is 0. The molecule has 1 aromatic carbocycles. The lowest BCUT2D eigenvalue weighted by Crippen LogP contribution is -2.45. The van der Waals surface area contributed by atoms with Gasteiger partial charge in [0.05, 0.1) is 18.8 Å². The molecule has 0 spiro atoms. The molecule has 0 bridgehead atoms. The minimum Gasteiger partial charge on any atom is -0.489 e. The third-order valence-electron chi connectivity index (χ3n) is 5.31. The van der Waals surface area contributed by atoms with E-state index in [0.29, 0.717) is 0 Å². The molecule has 2 heterocycles. The van der Waals surface area contributed by atoms with Crippen molar-refractivity contribution in [3.05, 3.63) is 18.2 Å². The average molecular weight is 363 g/mol. The van der Waals surface area contributed by atoms with Crippen molar-refractivity contribution in [2.24, 2.45) is 0 Å². The van der Waals surface area contributed by atoms with Crippen LogP contribution in [0.3, 0.4) is 0 Å². The maximum absolute atomic E-state index is 5.84. The Kier molecular flexibility index (Phi) is 7.41. The molecule has 0 atom stereocenters. The van der Waals surface area contributed by atoms with E-state index in [4.69, 9.17) is 15.2 Å². The lowest BCUT2D eigenvalue weighted by atomic mass is 10.2. The van der Waals surface area contributed by atoms with Crippen LogP contribution in [-0.4, -0.2) is 82.5 Å². The summed E-state index contributed by atoms with van der Waals surface area (Å²) in [6.07, 6.45) is 3.53. The van der Waals surface area contributed by atoms with E-state index >= 15 is 0 Å². The van der Waals surface area contributed by atoms with Crippen molar-refractivity contribution in [2.45, 2.75) is 19.3 Å². The van der Waals surface area contributed by atoms with Gasteiger partial charge in [-0.25, -0.2) is 0 Å². The summed E-state index contributed by atoms with van der Waals surface area (Å²) in [6, 6.07) is 5.95. The van der Waals surface area contributed by atoms with E-state index in [1.54, 1.807) is 0 Å². The van der Waals surface area contributed by atoms with Crippen molar-refractivity contribution in [3.8, 4) is 5.75 Å². The highest BCUT2D eigenvalue weighted by atomic mass is 16.5. The van der Waals surface area contributed by atoms with Gasteiger partial charge in [0.15, 0.2) is 0 Å². The van der Waals surface area contributed by atoms with E-state index in [-0.39, 0.29) is 0 Å². The van der Waals surface area contributed by atoms with Crippen LogP contribution in [0.1, 0.15) is 19.3 Å². The first kappa shape index (κ1) is 19.3. The monoisotopic (exact) mass is 362 g/mol. The van der Waals surface area contributed by atoms with Gasteiger partial charge in [-0.2, -0.15) is 0 Å². The minimum absolute atomic E-state index is 0.742. The van der Waals surface area contributed by atoms with Crippen LogP contribution in [0, 0.1) is 0 Å². The molecule has 1 saturated heterocycles. The molecule has 1 aromatic rings. The van der Waals surface area contributed by atoms with E-state index in [1.165, 1.54) is 44.7 Å². The van der Waals surface area contributed by atoms with Crippen LogP contribution >= 0.6 is 0 Å². The molecule has 1 fully saturated rings. The number of hydrogen-bond donors (Lipinski definition) is 1. The molecule has 6 nitrogen and oxygen atoms in total. The van der Waals surface area contributed by atoms with Gasteiger partial charge < -0.3 is 25.0 Å². The van der Waals surface area contributed by atoms with Crippen LogP contribution in [0.5, 0.6) is 5.75 Å². The lowest BCUT2D eigenvalue weighted by Gasteiger charge is -2.32. The van der Waals surface area contributed by atoms with E-state index < -0.39 is 0 Å². The predicted octanol–water partition coefficient (Wildman–Crippen LogP) is 1.90. The highest BCUT2D eigenvalue weighted by Crippen LogP contribution is 2.33. The lowest BCUT2D eigenvalue weighted by molar-refractivity contribution is 0.0800. The van der Waals surface area contributed by atoms with Gasteiger partial charge in [-0.05, 0) is 38.4 Å². The normalized spacial score (nSPS) is 18.6. The predicted molar refractivity (Wildman–Crippen MR) is 107 cm³/mol. The first-order chi connectivity index (χ1) is 12.7. The Bertz CT molecular complexity index is 547. The Labute approximate surface area is 157 Å². The molecule has 2 aliphatic heterocycles. The quantitative estimate of drug-likeness (QED) is 0.535. The highest BCUT2D eigenvalue weighted by molar-refractivity contribution is 5.64. The zero-order valence-electron chi connectivity index (χ0n) is 16.2. The zero-order chi connectivity index (χ0) is 18.2. The molecule has 2 aliphatic rings. The Morgan fingerprint density at radius 3 is 2.69 bits per heavy atom. The van der Waals surface area contributed by atoms with E-state index in [1.807, 2.05) is 12.1 Å². The third kappa shape index (κ3) is 5.76. The van der Waals surface area contributed by atoms with Gasteiger partial charge in [0.25, 0.3) is 0 Å². The first-order valence-electron chi connectivity index (χ1n) is 9.98. The standard InChI is InChI=1S/C20H34N4O2/c1-22-8-10-23(11-9-22)12-15-25-14-4-2-3-7-24-13-16-26-20-17-18(21)5-6-19(20)24/h5-6,17H,2-4,7-16,21H2,1H3. The molecule has 0 aromatic heterocycles. The molecule has 0 radical (unpaired) electrons. The minimum atomic E-state index is 0.742. The van der Waals surface area contributed by atoms with Crippen molar-refractivity contribution < 1.29 is 9.47 Å². The second-order valence-corrected chi connectivity index (χ2v) is 7.38. The number of ether oxygens (including phenoxy) is 2. The fraction of sp³-hybridized carbons (Fsp3) is 0.700. The van der Waals surface area contributed by atoms with Gasteiger partial charge in [0.2, 0.25) is 0 Å². The van der Waals surface area contributed by atoms with E-state index in [9.17, 15) is 0 Å². The van der Waals surface area contributed by atoms with E-state index in [0.717, 1.165) is 57.3 Å². The Morgan fingerprint density at radius 2 is 1.85 bits per heavy atom. The largest absolute Gasteiger partial charge is 0.489 e. The summed E-state index contributed by atoms with van der Waals surface area (Å²) < 4.78 is 11.5. The molecule has 0 saturated carbocycles. The topological polar surface area (TPSA) is 54.2 Å². The number of nitrogens with two attached hydrogens (primary N) is 1. The van der Waals surface area contributed by atoms with Crippen LogP contribution < -0.4 is 15.4 Å². The molecule has 0 amide bonds. The summed E-state index contributed by atoms with van der Waals surface area (Å²) in [6.45, 7) is 10.3. The fourth-order valence-electron chi connectivity index (χ4n) is 3.58. The van der Waals surface area contributed by atoms with Crippen LogP contribution in [0.4, 0.5) is 11.4 Å². The Morgan fingerprint density at radius 1 is 1.00 bits per heavy atom. The molecular weight excluding hydrogens is 328 g/mol. The molecule has 6 heteroatoms. The molecule has 146 valence electrons. The number of piperazine rings is 1. The molecule has 26 heavy (non-hydrogen) atoms. The maximum atomic E-state index is 5.84.